The summed E-state index contributed by atoms with van der Waals surface area (Å²) in [6.45, 7) is 2.02. The molecule has 0 unspecified atom stereocenters. The molecule has 1 heterocycles. The quantitative estimate of drug-likeness (QED) is 0.761. The maximum atomic E-state index is 12.4. The number of aromatic hydroxyl groups is 1. The van der Waals surface area contributed by atoms with Crippen molar-refractivity contribution < 1.29 is 9.90 Å². The number of hydrogen-bond donors (Lipinski definition) is 3. The van der Waals surface area contributed by atoms with Gasteiger partial charge in [-0.25, -0.2) is 0 Å². The highest BCUT2D eigenvalue weighted by Crippen LogP contribution is 2.25. The van der Waals surface area contributed by atoms with Crippen LogP contribution < -0.4 is 16.0 Å². The molecule has 5 nitrogen and oxygen atoms in total. The normalized spacial score (nSPS) is 14.1. The first-order chi connectivity index (χ1) is 10.6. The molecule has 22 heavy (non-hydrogen) atoms. The zero-order valence-electron chi connectivity index (χ0n) is 12.2. The van der Waals surface area contributed by atoms with Crippen LogP contribution in [-0.2, 0) is 0 Å². The molecule has 0 aliphatic carbocycles. The van der Waals surface area contributed by atoms with Crippen LogP contribution >= 0.6 is 0 Å². The predicted octanol–water partition coefficient (Wildman–Crippen LogP) is 2.83. The fourth-order valence-electron chi connectivity index (χ4n) is 2.70. The molecular weight excluding hydrogens is 278 g/mol. The Morgan fingerprint density at radius 1 is 1.14 bits per heavy atom. The molecule has 1 amide bonds. The molecule has 0 spiro atoms. The summed E-state index contributed by atoms with van der Waals surface area (Å²) in [4.78, 5) is 14.7. The van der Waals surface area contributed by atoms with Crippen LogP contribution in [0.4, 0.5) is 17.1 Å². The van der Waals surface area contributed by atoms with E-state index in [2.05, 4.69) is 10.2 Å². The average Bonchev–Trinajstić information content (AvgIpc) is 3.02. The summed E-state index contributed by atoms with van der Waals surface area (Å²) in [5.41, 5.74) is 8.40. The van der Waals surface area contributed by atoms with Gasteiger partial charge in [-0.2, -0.15) is 0 Å². The number of nitrogens with two attached hydrogens (primary N) is 1. The number of carbonyl (C=O) groups is 1. The van der Waals surface area contributed by atoms with Gasteiger partial charge in [0.15, 0.2) is 0 Å². The fourth-order valence-corrected chi connectivity index (χ4v) is 2.70. The van der Waals surface area contributed by atoms with Crippen molar-refractivity contribution in [2.75, 3.05) is 29.0 Å². The van der Waals surface area contributed by atoms with Crippen LogP contribution in [0, 0.1) is 0 Å². The van der Waals surface area contributed by atoms with Gasteiger partial charge in [0.1, 0.15) is 5.75 Å². The maximum absolute atomic E-state index is 12.4. The third-order valence-electron chi connectivity index (χ3n) is 3.86. The van der Waals surface area contributed by atoms with Crippen molar-refractivity contribution in [1.29, 1.82) is 0 Å². The molecule has 4 N–H and O–H groups in total. The minimum absolute atomic E-state index is 0.108. The average molecular weight is 297 g/mol. The van der Waals surface area contributed by atoms with E-state index in [1.807, 2.05) is 12.1 Å². The van der Waals surface area contributed by atoms with Gasteiger partial charge in [-0.15, -0.1) is 0 Å². The van der Waals surface area contributed by atoms with Gasteiger partial charge in [0.2, 0.25) is 0 Å². The number of hydrogen-bond acceptors (Lipinski definition) is 4. The van der Waals surface area contributed by atoms with E-state index in [1.165, 1.54) is 18.9 Å². The summed E-state index contributed by atoms with van der Waals surface area (Å²) in [5.74, 6) is -0.166. The Morgan fingerprint density at radius 3 is 2.64 bits per heavy atom. The largest absolute Gasteiger partial charge is 0.508 e. The number of rotatable bonds is 3. The Balaban J connectivity index is 1.83. The Hall–Kier alpha value is -2.69. The minimum atomic E-state index is -0.274. The van der Waals surface area contributed by atoms with Gasteiger partial charge in [-0.3, -0.25) is 4.79 Å². The predicted molar refractivity (Wildman–Crippen MR) is 88.4 cm³/mol. The summed E-state index contributed by atoms with van der Waals surface area (Å²) in [5, 5.41) is 12.2. The van der Waals surface area contributed by atoms with Crippen molar-refractivity contribution in [3.8, 4) is 5.75 Å². The van der Waals surface area contributed by atoms with Gasteiger partial charge < -0.3 is 21.1 Å². The van der Waals surface area contributed by atoms with E-state index in [-0.39, 0.29) is 11.7 Å². The minimum Gasteiger partial charge on any atom is -0.508 e. The van der Waals surface area contributed by atoms with E-state index < -0.39 is 0 Å². The van der Waals surface area contributed by atoms with E-state index in [4.69, 9.17) is 5.73 Å². The molecule has 1 fully saturated rings. The Morgan fingerprint density at radius 2 is 1.91 bits per heavy atom. The van der Waals surface area contributed by atoms with E-state index >= 15 is 0 Å². The van der Waals surface area contributed by atoms with Crippen molar-refractivity contribution in [2.45, 2.75) is 12.8 Å². The van der Waals surface area contributed by atoms with Crippen molar-refractivity contribution in [3.63, 3.8) is 0 Å². The number of nitrogens with one attached hydrogen (secondary N) is 1. The van der Waals surface area contributed by atoms with Gasteiger partial charge in [-0.05, 0) is 43.2 Å². The van der Waals surface area contributed by atoms with Crippen LogP contribution in [-0.4, -0.2) is 24.1 Å². The Labute approximate surface area is 129 Å². The fraction of sp³-hybridized carbons (Fsp3) is 0.235. The summed E-state index contributed by atoms with van der Waals surface area (Å²) in [6, 6.07) is 12.0. The molecule has 2 aromatic rings. The maximum Gasteiger partial charge on any atom is 0.257 e. The molecule has 0 atom stereocenters. The highest BCUT2D eigenvalue weighted by atomic mass is 16.3. The van der Waals surface area contributed by atoms with Crippen molar-refractivity contribution in [2.24, 2.45) is 0 Å². The number of carbonyl (C=O) groups excluding carboxylic acids is 1. The molecular formula is C17H19N3O2. The molecule has 0 radical (unpaired) electrons. The first-order valence-corrected chi connectivity index (χ1v) is 7.38. The number of anilines is 3. The summed E-state index contributed by atoms with van der Waals surface area (Å²) in [7, 11) is 0. The van der Waals surface area contributed by atoms with Gasteiger partial charge in [0.05, 0.1) is 5.56 Å². The number of phenols is 1. The lowest BCUT2D eigenvalue weighted by Crippen LogP contribution is -2.19. The van der Waals surface area contributed by atoms with Crippen LogP contribution in [0.1, 0.15) is 23.2 Å². The smallest absolute Gasteiger partial charge is 0.257 e. The summed E-state index contributed by atoms with van der Waals surface area (Å²) < 4.78 is 0. The topological polar surface area (TPSA) is 78.6 Å². The molecule has 5 heteroatoms. The molecule has 3 rings (SSSR count). The molecule has 0 aromatic heterocycles. The van der Waals surface area contributed by atoms with E-state index in [1.54, 1.807) is 24.3 Å². The summed E-state index contributed by atoms with van der Waals surface area (Å²) >= 11 is 0. The monoisotopic (exact) mass is 297 g/mol. The first-order valence-electron chi connectivity index (χ1n) is 7.38. The molecule has 114 valence electrons. The number of phenolic OH excluding ortho intramolecular Hbond substituents is 1. The van der Waals surface area contributed by atoms with E-state index in [0.717, 1.165) is 18.8 Å². The van der Waals surface area contributed by atoms with E-state index in [9.17, 15) is 9.90 Å². The van der Waals surface area contributed by atoms with Crippen LogP contribution in [0.2, 0.25) is 0 Å². The molecule has 0 saturated carbocycles. The Kier molecular flexibility index (Phi) is 3.87. The lowest BCUT2D eigenvalue weighted by atomic mass is 10.1. The zero-order chi connectivity index (χ0) is 15.5. The highest BCUT2D eigenvalue weighted by Gasteiger charge is 2.16. The third kappa shape index (κ3) is 2.98. The van der Waals surface area contributed by atoms with Crippen LogP contribution in [0.5, 0.6) is 5.75 Å². The van der Waals surface area contributed by atoms with E-state index in [0.29, 0.717) is 16.9 Å². The van der Waals surface area contributed by atoms with Crippen LogP contribution in [0.25, 0.3) is 0 Å². The van der Waals surface area contributed by atoms with Gasteiger partial charge in [0.25, 0.3) is 5.91 Å². The standard InChI is InChI=1S/C17H19N3O2/c18-16-7-6-13(20-8-1-2-9-20)11-15(16)17(22)19-12-4-3-5-14(21)10-12/h3-7,10-11,21H,1-2,8-9,18H2,(H,19,22). The van der Waals surface area contributed by atoms with Crippen molar-refractivity contribution in [3.05, 3.63) is 48.0 Å². The first kappa shape index (κ1) is 14.3. The van der Waals surface area contributed by atoms with Crippen LogP contribution in [0.3, 0.4) is 0 Å². The number of nitrogen functional groups attached to an aromatic ring is 1. The molecule has 1 saturated heterocycles. The SMILES string of the molecule is Nc1ccc(N2CCCC2)cc1C(=O)Nc1cccc(O)c1. The molecule has 1 aliphatic heterocycles. The Bertz CT molecular complexity index is 694. The number of amides is 1. The third-order valence-corrected chi connectivity index (χ3v) is 3.86. The highest BCUT2D eigenvalue weighted by molar-refractivity contribution is 6.08. The van der Waals surface area contributed by atoms with Gasteiger partial charge in [-0.1, -0.05) is 6.07 Å². The zero-order valence-corrected chi connectivity index (χ0v) is 12.2. The number of nitrogens with zero attached hydrogens (tertiary/aromatic N) is 1. The lowest BCUT2D eigenvalue weighted by molar-refractivity contribution is 0.102. The molecule has 1 aliphatic rings. The van der Waals surface area contributed by atoms with Crippen LogP contribution in [0.15, 0.2) is 42.5 Å². The number of benzene rings is 2. The van der Waals surface area contributed by atoms with Crippen molar-refractivity contribution in [1.82, 2.24) is 0 Å². The van der Waals surface area contributed by atoms with Crippen molar-refractivity contribution >= 4 is 23.0 Å². The second kappa shape index (κ2) is 5.97. The molecule has 2 aromatic carbocycles. The second-order valence-corrected chi connectivity index (χ2v) is 5.47. The second-order valence-electron chi connectivity index (χ2n) is 5.47. The van der Waals surface area contributed by atoms with Gasteiger partial charge >= 0.3 is 0 Å². The molecule has 0 bridgehead atoms. The summed E-state index contributed by atoms with van der Waals surface area (Å²) in [6.07, 6.45) is 2.35. The van der Waals surface area contributed by atoms with Gasteiger partial charge in [0, 0.05) is 36.2 Å². The lowest BCUT2D eigenvalue weighted by Gasteiger charge is -2.19.